The number of hydrogen-bond acceptors (Lipinski definition) is 4. The van der Waals surface area contributed by atoms with Gasteiger partial charge in [0, 0.05) is 16.8 Å². The number of carbonyl (C=O) groups is 1. The van der Waals surface area contributed by atoms with Gasteiger partial charge in [0.25, 0.3) is 10.0 Å². The smallest absolute Gasteiger partial charge is 0.345 e. The number of thiophene rings is 1. The molecule has 1 aromatic heterocycles. The standard InChI is InChI=1S/C16H12ClNO4S2/c1-18(24(21,22)13-5-2-11(17)3-6-13)12-4-7-14-10(8-12)9-15(23-14)16(19)20/h2-9H,1H3,(H,19,20). The summed E-state index contributed by atoms with van der Waals surface area (Å²) in [5.41, 5.74) is 0.451. The van der Waals surface area contributed by atoms with Gasteiger partial charge >= 0.3 is 5.97 Å². The maximum Gasteiger partial charge on any atom is 0.345 e. The SMILES string of the molecule is CN(c1ccc2sc(C(=O)O)cc2c1)S(=O)(=O)c1ccc(Cl)cc1. The van der Waals surface area contributed by atoms with E-state index in [0.29, 0.717) is 16.1 Å². The van der Waals surface area contributed by atoms with Crippen LogP contribution in [0.1, 0.15) is 9.67 Å². The third kappa shape index (κ3) is 2.98. The summed E-state index contributed by atoms with van der Waals surface area (Å²) in [7, 11) is -2.27. The Bertz CT molecular complexity index is 1030. The van der Waals surface area contributed by atoms with Crippen LogP contribution in [-0.4, -0.2) is 26.5 Å². The van der Waals surface area contributed by atoms with Crippen molar-refractivity contribution >= 4 is 54.7 Å². The maximum absolute atomic E-state index is 12.7. The molecule has 0 spiro atoms. The molecule has 124 valence electrons. The van der Waals surface area contributed by atoms with Crippen LogP contribution in [0.15, 0.2) is 53.4 Å². The molecule has 0 fully saturated rings. The summed E-state index contributed by atoms with van der Waals surface area (Å²) in [6, 6.07) is 12.5. The third-order valence-corrected chi connectivity index (χ3v) is 6.70. The quantitative estimate of drug-likeness (QED) is 0.738. The van der Waals surface area contributed by atoms with E-state index in [1.165, 1.54) is 37.4 Å². The molecule has 1 heterocycles. The zero-order valence-electron chi connectivity index (χ0n) is 12.4. The molecule has 0 aliphatic heterocycles. The number of aromatic carboxylic acids is 1. The lowest BCUT2D eigenvalue weighted by Crippen LogP contribution is -2.26. The zero-order valence-corrected chi connectivity index (χ0v) is 14.8. The first-order valence-electron chi connectivity index (χ1n) is 6.80. The Kier molecular flexibility index (Phi) is 4.25. The van der Waals surface area contributed by atoms with Crippen molar-refractivity contribution in [2.45, 2.75) is 4.90 Å². The molecule has 0 saturated heterocycles. The number of hydrogen-bond donors (Lipinski definition) is 1. The molecular formula is C16H12ClNO4S2. The number of benzene rings is 2. The summed E-state index contributed by atoms with van der Waals surface area (Å²) < 4.78 is 27.3. The van der Waals surface area contributed by atoms with Gasteiger partial charge in [-0.05, 0) is 53.9 Å². The molecule has 3 aromatic rings. The normalized spacial score (nSPS) is 11.6. The van der Waals surface area contributed by atoms with Crippen molar-refractivity contribution in [2.75, 3.05) is 11.4 Å². The van der Waals surface area contributed by atoms with Gasteiger partial charge in [-0.25, -0.2) is 13.2 Å². The van der Waals surface area contributed by atoms with E-state index in [4.69, 9.17) is 16.7 Å². The Morgan fingerprint density at radius 3 is 2.42 bits per heavy atom. The molecule has 8 heteroatoms. The fraction of sp³-hybridized carbons (Fsp3) is 0.0625. The van der Waals surface area contributed by atoms with Crippen molar-refractivity contribution < 1.29 is 18.3 Å². The minimum atomic E-state index is -3.73. The third-order valence-electron chi connectivity index (χ3n) is 3.55. The number of sulfonamides is 1. The van der Waals surface area contributed by atoms with Crippen LogP contribution in [-0.2, 0) is 10.0 Å². The van der Waals surface area contributed by atoms with Crippen molar-refractivity contribution in [1.29, 1.82) is 0 Å². The Morgan fingerprint density at radius 1 is 1.12 bits per heavy atom. The van der Waals surface area contributed by atoms with E-state index in [-0.39, 0.29) is 9.77 Å². The van der Waals surface area contributed by atoms with Crippen LogP contribution >= 0.6 is 22.9 Å². The number of halogens is 1. The van der Waals surface area contributed by atoms with Gasteiger partial charge in [-0.1, -0.05) is 11.6 Å². The summed E-state index contributed by atoms with van der Waals surface area (Å²) in [6.45, 7) is 0. The first kappa shape index (κ1) is 16.8. The predicted octanol–water partition coefficient (Wildman–Crippen LogP) is 4.08. The minimum Gasteiger partial charge on any atom is -0.477 e. The van der Waals surface area contributed by atoms with Crippen molar-refractivity contribution in [3.8, 4) is 0 Å². The van der Waals surface area contributed by atoms with E-state index in [1.54, 1.807) is 18.2 Å². The molecule has 0 aliphatic rings. The molecular weight excluding hydrogens is 370 g/mol. The number of rotatable bonds is 4. The molecule has 0 saturated carbocycles. The molecule has 1 N–H and O–H groups in total. The number of nitrogens with zero attached hydrogens (tertiary/aromatic N) is 1. The molecule has 0 radical (unpaired) electrons. The molecule has 0 atom stereocenters. The second-order valence-electron chi connectivity index (χ2n) is 5.06. The van der Waals surface area contributed by atoms with Crippen molar-refractivity contribution in [3.05, 3.63) is 58.4 Å². The van der Waals surface area contributed by atoms with Crippen LogP contribution in [0, 0.1) is 0 Å². The summed E-state index contributed by atoms with van der Waals surface area (Å²) in [5, 5.41) is 10.2. The minimum absolute atomic E-state index is 0.131. The summed E-state index contributed by atoms with van der Waals surface area (Å²) in [6.07, 6.45) is 0. The number of carboxylic acid groups (broad SMARTS) is 1. The first-order chi connectivity index (χ1) is 11.3. The number of carboxylic acids is 1. The molecule has 0 amide bonds. The van der Waals surface area contributed by atoms with E-state index >= 15 is 0 Å². The maximum atomic E-state index is 12.7. The first-order valence-corrected chi connectivity index (χ1v) is 9.44. The Balaban J connectivity index is 2.02. The highest BCUT2D eigenvalue weighted by atomic mass is 35.5. The Labute approximate surface area is 147 Å². The second kappa shape index (κ2) is 6.08. The lowest BCUT2D eigenvalue weighted by molar-refractivity contribution is 0.0702. The van der Waals surface area contributed by atoms with Gasteiger partial charge in [-0.2, -0.15) is 0 Å². The van der Waals surface area contributed by atoms with Gasteiger partial charge in [0.05, 0.1) is 10.6 Å². The molecule has 0 aliphatic carbocycles. The average Bonchev–Trinajstić information content (AvgIpc) is 2.98. The van der Waals surface area contributed by atoms with E-state index in [1.807, 2.05) is 0 Å². The fourth-order valence-electron chi connectivity index (χ4n) is 2.24. The Hall–Kier alpha value is -2.09. The summed E-state index contributed by atoms with van der Waals surface area (Å²) in [4.78, 5) is 11.4. The van der Waals surface area contributed by atoms with Gasteiger partial charge < -0.3 is 5.11 Å². The molecule has 0 bridgehead atoms. The van der Waals surface area contributed by atoms with E-state index in [2.05, 4.69) is 0 Å². The van der Waals surface area contributed by atoms with Crippen molar-refractivity contribution in [1.82, 2.24) is 0 Å². The van der Waals surface area contributed by atoms with E-state index in [0.717, 1.165) is 20.3 Å². The predicted molar refractivity (Wildman–Crippen MR) is 95.8 cm³/mol. The number of fused-ring (bicyclic) bond motifs is 1. The summed E-state index contributed by atoms with van der Waals surface area (Å²) >= 11 is 6.95. The lowest BCUT2D eigenvalue weighted by Gasteiger charge is -2.19. The second-order valence-corrected chi connectivity index (χ2v) is 8.55. The van der Waals surface area contributed by atoms with Crippen LogP contribution in [0.5, 0.6) is 0 Å². The van der Waals surface area contributed by atoms with Crippen LogP contribution < -0.4 is 4.31 Å². The molecule has 5 nitrogen and oxygen atoms in total. The lowest BCUT2D eigenvalue weighted by atomic mass is 10.2. The van der Waals surface area contributed by atoms with E-state index in [9.17, 15) is 13.2 Å². The van der Waals surface area contributed by atoms with Crippen LogP contribution in [0.25, 0.3) is 10.1 Å². The van der Waals surface area contributed by atoms with Gasteiger partial charge in [-0.15, -0.1) is 11.3 Å². The zero-order chi connectivity index (χ0) is 17.5. The van der Waals surface area contributed by atoms with Gasteiger partial charge in [-0.3, -0.25) is 4.31 Å². The van der Waals surface area contributed by atoms with Crippen molar-refractivity contribution in [2.24, 2.45) is 0 Å². The van der Waals surface area contributed by atoms with Crippen LogP contribution in [0.4, 0.5) is 5.69 Å². The van der Waals surface area contributed by atoms with E-state index < -0.39 is 16.0 Å². The fourth-order valence-corrected chi connectivity index (χ4v) is 4.43. The molecule has 24 heavy (non-hydrogen) atoms. The highest BCUT2D eigenvalue weighted by Gasteiger charge is 2.21. The topological polar surface area (TPSA) is 74.7 Å². The molecule has 0 unspecified atom stereocenters. The number of anilines is 1. The van der Waals surface area contributed by atoms with Crippen LogP contribution in [0.2, 0.25) is 5.02 Å². The largest absolute Gasteiger partial charge is 0.477 e. The highest BCUT2D eigenvalue weighted by Crippen LogP contribution is 2.31. The average molecular weight is 382 g/mol. The highest BCUT2D eigenvalue weighted by molar-refractivity contribution is 7.92. The molecule has 3 rings (SSSR count). The van der Waals surface area contributed by atoms with Gasteiger partial charge in [0.1, 0.15) is 4.88 Å². The monoisotopic (exact) mass is 381 g/mol. The van der Waals surface area contributed by atoms with Gasteiger partial charge in [0.15, 0.2) is 0 Å². The summed E-state index contributed by atoms with van der Waals surface area (Å²) in [5.74, 6) is -1.00. The van der Waals surface area contributed by atoms with Crippen LogP contribution in [0.3, 0.4) is 0 Å². The van der Waals surface area contributed by atoms with Crippen molar-refractivity contribution in [3.63, 3.8) is 0 Å². The Morgan fingerprint density at radius 2 is 1.79 bits per heavy atom. The molecule has 2 aromatic carbocycles. The van der Waals surface area contributed by atoms with Gasteiger partial charge in [0.2, 0.25) is 0 Å².